The van der Waals surface area contributed by atoms with Crippen LogP contribution in [0.5, 0.6) is 0 Å². The Hall–Kier alpha value is -0.353. The summed E-state index contributed by atoms with van der Waals surface area (Å²) in [6.45, 7) is 5.94. The van der Waals surface area contributed by atoms with Crippen molar-refractivity contribution in [2.75, 3.05) is 6.61 Å². The van der Waals surface area contributed by atoms with Crippen LogP contribution in [0.15, 0.2) is 0 Å². The highest BCUT2D eigenvalue weighted by Gasteiger charge is 2.18. The van der Waals surface area contributed by atoms with Crippen LogP contribution in [0.1, 0.15) is 12.8 Å². The number of aliphatic hydroxyl groups is 1. The van der Waals surface area contributed by atoms with E-state index in [9.17, 15) is 4.79 Å². The van der Waals surface area contributed by atoms with E-state index in [1.54, 1.807) is 0 Å². The first-order valence-electron chi connectivity index (χ1n) is 3.78. The lowest BCUT2D eigenvalue weighted by Gasteiger charge is -2.16. The Bertz CT molecular complexity index is 128. The van der Waals surface area contributed by atoms with Crippen LogP contribution in [-0.4, -0.2) is 26.0 Å². The molecule has 0 unspecified atom stereocenters. The molecule has 0 bridgehead atoms. The molecule has 4 heteroatoms. The fraction of sp³-hybridized carbons (Fsp3) is 0.857. The largest absolute Gasteiger partial charge is 0.520 e. The molecule has 0 rings (SSSR count). The molecule has 0 heterocycles. The molecule has 0 amide bonds. The van der Waals surface area contributed by atoms with Crippen LogP contribution in [0.25, 0.3) is 0 Å². The van der Waals surface area contributed by atoms with Crippen LogP contribution in [0.3, 0.4) is 0 Å². The van der Waals surface area contributed by atoms with Gasteiger partial charge in [0, 0.05) is 13.0 Å². The Labute approximate surface area is 68.5 Å². The SMILES string of the molecule is C[Si](C)(C)OC(=O)CCCO. The van der Waals surface area contributed by atoms with Gasteiger partial charge in [0.2, 0.25) is 8.32 Å². The van der Waals surface area contributed by atoms with Crippen LogP contribution < -0.4 is 0 Å². The summed E-state index contributed by atoms with van der Waals surface area (Å²) in [4.78, 5) is 10.9. The summed E-state index contributed by atoms with van der Waals surface area (Å²) in [5.74, 6) is -0.182. The molecule has 0 radical (unpaired) electrons. The third-order valence-corrected chi connectivity index (χ3v) is 1.80. The minimum absolute atomic E-state index is 0.0563. The zero-order valence-electron chi connectivity index (χ0n) is 7.39. The third-order valence-electron chi connectivity index (χ3n) is 0.959. The van der Waals surface area contributed by atoms with Gasteiger partial charge in [0.15, 0.2) is 0 Å². The van der Waals surface area contributed by atoms with E-state index >= 15 is 0 Å². The maximum Gasteiger partial charge on any atom is 0.292 e. The highest BCUT2D eigenvalue weighted by molar-refractivity contribution is 6.71. The number of carbonyl (C=O) groups is 1. The van der Waals surface area contributed by atoms with E-state index in [4.69, 9.17) is 9.53 Å². The van der Waals surface area contributed by atoms with Gasteiger partial charge in [0.1, 0.15) is 0 Å². The van der Waals surface area contributed by atoms with E-state index < -0.39 is 8.32 Å². The molecule has 0 aromatic rings. The number of hydrogen-bond acceptors (Lipinski definition) is 3. The highest BCUT2D eigenvalue weighted by atomic mass is 28.4. The Morgan fingerprint density at radius 3 is 2.36 bits per heavy atom. The maximum atomic E-state index is 10.9. The molecule has 0 saturated heterocycles. The molecule has 0 spiro atoms. The zero-order chi connectivity index (χ0) is 8.91. The van der Waals surface area contributed by atoms with Gasteiger partial charge in [-0.1, -0.05) is 0 Å². The monoisotopic (exact) mass is 176 g/mol. The van der Waals surface area contributed by atoms with Crippen LogP contribution in [0, 0.1) is 0 Å². The second-order valence-corrected chi connectivity index (χ2v) is 7.84. The van der Waals surface area contributed by atoms with Crippen molar-refractivity contribution in [3.05, 3.63) is 0 Å². The Balaban J connectivity index is 3.53. The summed E-state index contributed by atoms with van der Waals surface area (Å²) in [6, 6.07) is 0. The lowest BCUT2D eigenvalue weighted by molar-refractivity contribution is -0.135. The summed E-state index contributed by atoms with van der Waals surface area (Å²) in [5, 5.41) is 8.42. The molecular weight excluding hydrogens is 160 g/mol. The smallest absolute Gasteiger partial charge is 0.292 e. The molecule has 66 valence electrons. The second-order valence-electron chi connectivity index (χ2n) is 3.41. The summed E-state index contributed by atoms with van der Waals surface area (Å²) in [5.41, 5.74) is 0. The van der Waals surface area contributed by atoms with Crippen LogP contribution in [0.4, 0.5) is 0 Å². The average molecular weight is 176 g/mol. The molecule has 0 fully saturated rings. The minimum Gasteiger partial charge on any atom is -0.520 e. The summed E-state index contributed by atoms with van der Waals surface area (Å²) in [6.07, 6.45) is 0.837. The molecule has 0 atom stereocenters. The topological polar surface area (TPSA) is 46.5 Å². The van der Waals surface area contributed by atoms with E-state index in [1.807, 2.05) is 19.6 Å². The summed E-state index contributed by atoms with van der Waals surface area (Å²) >= 11 is 0. The molecular formula is C7H16O3Si. The third kappa shape index (κ3) is 7.54. The quantitative estimate of drug-likeness (QED) is 0.653. The normalized spacial score (nSPS) is 11.3. The van der Waals surface area contributed by atoms with Gasteiger partial charge >= 0.3 is 0 Å². The molecule has 11 heavy (non-hydrogen) atoms. The van der Waals surface area contributed by atoms with Gasteiger partial charge in [0.25, 0.3) is 5.97 Å². The first kappa shape index (κ1) is 10.6. The lowest BCUT2D eigenvalue weighted by Crippen LogP contribution is -2.29. The molecule has 0 aliphatic rings. The molecule has 3 nitrogen and oxygen atoms in total. The molecule has 0 saturated carbocycles. The van der Waals surface area contributed by atoms with Crippen molar-refractivity contribution in [2.24, 2.45) is 0 Å². The van der Waals surface area contributed by atoms with Crippen molar-refractivity contribution < 1.29 is 14.3 Å². The van der Waals surface area contributed by atoms with Gasteiger partial charge in [-0.25, -0.2) is 0 Å². The standard InChI is InChI=1S/C7H16O3Si/c1-11(2,3)10-7(9)5-4-6-8/h8H,4-6H2,1-3H3. The first-order valence-corrected chi connectivity index (χ1v) is 7.19. The van der Waals surface area contributed by atoms with Crippen LogP contribution in [-0.2, 0) is 9.22 Å². The minimum atomic E-state index is -1.70. The van der Waals surface area contributed by atoms with E-state index in [0.29, 0.717) is 12.8 Å². The van der Waals surface area contributed by atoms with E-state index in [2.05, 4.69) is 0 Å². The van der Waals surface area contributed by atoms with Crippen molar-refractivity contribution in [3.63, 3.8) is 0 Å². The van der Waals surface area contributed by atoms with Gasteiger partial charge in [-0.05, 0) is 26.1 Å². The van der Waals surface area contributed by atoms with Gasteiger partial charge < -0.3 is 9.53 Å². The number of carbonyl (C=O) groups excluding carboxylic acids is 1. The number of aliphatic hydroxyl groups excluding tert-OH is 1. The first-order chi connectivity index (χ1) is 4.95. The van der Waals surface area contributed by atoms with Crippen molar-refractivity contribution >= 4 is 14.3 Å². The van der Waals surface area contributed by atoms with E-state index in [-0.39, 0.29) is 12.6 Å². The van der Waals surface area contributed by atoms with Gasteiger partial charge in [-0.15, -0.1) is 0 Å². The molecule has 0 aliphatic heterocycles. The molecule has 0 aliphatic carbocycles. The van der Waals surface area contributed by atoms with Crippen molar-refractivity contribution in [1.29, 1.82) is 0 Å². The van der Waals surface area contributed by atoms with Gasteiger partial charge in [-0.2, -0.15) is 0 Å². The van der Waals surface area contributed by atoms with Crippen LogP contribution >= 0.6 is 0 Å². The highest BCUT2D eigenvalue weighted by Crippen LogP contribution is 2.05. The van der Waals surface area contributed by atoms with Crippen molar-refractivity contribution in [2.45, 2.75) is 32.5 Å². The lowest BCUT2D eigenvalue weighted by atomic mass is 10.3. The van der Waals surface area contributed by atoms with Gasteiger partial charge in [-0.3, -0.25) is 4.79 Å². The molecule has 1 N–H and O–H groups in total. The van der Waals surface area contributed by atoms with Crippen molar-refractivity contribution in [3.8, 4) is 0 Å². The van der Waals surface area contributed by atoms with Crippen molar-refractivity contribution in [1.82, 2.24) is 0 Å². The van der Waals surface area contributed by atoms with Gasteiger partial charge in [0.05, 0.1) is 0 Å². The summed E-state index contributed by atoms with van der Waals surface area (Å²) < 4.78 is 5.13. The predicted octanol–water partition coefficient (Wildman–Crippen LogP) is 1.14. The number of hydrogen-bond donors (Lipinski definition) is 1. The second kappa shape index (κ2) is 4.51. The predicted molar refractivity (Wildman–Crippen MR) is 45.8 cm³/mol. The van der Waals surface area contributed by atoms with E-state index in [0.717, 1.165) is 0 Å². The Morgan fingerprint density at radius 1 is 1.45 bits per heavy atom. The maximum absolute atomic E-state index is 10.9. The summed E-state index contributed by atoms with van der Waals surface area (Å²) in [7, 11) is -1.70. The average Bonchev–Trinajstić information content (AvgIpc) is 1.79. The Kier molecular flexibility index (Phi) is 4.36. The number of rotatable bonds is 4. The van der Waals surface area contributed by atoms with E-state index in [1.165, 1.54) is 0 Å². The zero-order valence-corrected chi connectivity index (χ0v) is 8.39. The Morgan fingerprint density at radius 2 is 2.00 bits per heavy atom. The molecule has 0 aromatic carbocycles. The fourth-order valence-electron chi connectivity index (χ4n) is 0.616. The molecule has 0 aromatic heterocycles. The fourth-order valence-corrected chi connectivity index (χ4v) is 1.40. The van der Waals surface area contributed by atoms with Crippen LogP contribution in [0.2, 0.25) is 19.6 Å².